The Hall–Kier alpha value is -1.55. The second kappa shape index (κ2) is 3.67. The number of hydrogen-bond acceptors (Lipinski definition) is 4. The minimum Gasteiger partial charge on any atom is -0.412 e. The Bertz CT molecular complexity index is 441. The molecule has 0 aliphatic rings. The average Bonchev–Trinajstić information content (AvgIpc) is 2.51. The van der Waals surface area contributed by atoms with Crippen LogP contribution < -0.4 is 5.73 Å². The summed E-state index contributed by atoms with van der Waals surface area (Å²) in [6.07, 6.45) is 0.546. The molecule has 0 atom stereocenters. The number of nitrogens with two attached hydrogens (primary N) is 1. The molecule has 0 unspecified atom stereocenters. The number of aromatic nitrogens is 2. The third-order valence-electron chi connectivity index (χ3n) is 1.75. The highest BCUT2D eigenvalue weighted by Crippen LogP contribution is 2.13. The van der Waals surface area contributed by atoms with E-state index in [1.54, 1.807) is 0 Å². The van der Waals surface area contributed by atoms with Crippen molar-refractivity contribution >= 4 is 17.3 Å². The highest BCUT2D eigenvalue weighted by molar-refractivity contribution is 6.27. The summed E-state index contributed by atoms with van der Waals surface area (Å²) in [4.78, 5) is 0. The Labute approximate surface area is 85.7 Å². The van der Waals surface area contributed by atoms with Gasteiger partial charge in [0.25, 0.3) is 0 Å². The van der Waals surface area contributed by atoms with Crippen molar-refractivity contribution in [1.29, 1.82) is 0 Å². The quantitative estimate of drug-likeness (QED) is 0.768. The van der Waals surface area contributed by atoms with Crippen molar-refractivity contribution in [3.63, 3.8) is 0 Å². The van der Waals surface area contributed by atoms with Crippen LogP contribution in [0.5, 0.6) is 0 Å². The summed E-state index contributed by atoms with van der Waals surface area (Å²) in [7, 11) is 0. The van der Waals surface area contributed by atoms with Gasteiger partial charge >= 0.3 is 5.35 Å². The summed E-state index contributed by atoms with van der Waals surface area (Å²) >= 11 is 5.49. The highest BCUT2D eigenvalue weighted by Gasteiger charge is 2.04. The van der Waals surface area contributed by atoms with Crippen LogP contribution in [0.25, 0.3) is 0 Å². The standard InChI is InChI=1S/C9H8ClN3O/c10-9-13-12-8(14-9)5-6-2-1-3-7(11)4-6/h1-4H,5,11H2. The van der Waals surface area contributed by atoms with Crippen LogP contribution in [-0.2, 0) is 6.42 Å². The van der Waals surface area contributed by atoms with Gasteiger partial charge in [-0.2, -0.15) is 0 Å². The molecule has 5 heteroatoms. The molecule has 0 amide bonds. The van der Waals surface area contributed by atoms with Crippen LogP contribution in [0.4, 0.5) is 5.69 Å². The van der Waals surface area contributed by atoms with Crippen LogP contribution in [0.1, 0.15) is 11.5 Å². The van der Waals surface area contributed by atoms with Crippen molar-refractivity contribution in [2.75, 3.05) is 5.73 Å². The van der Waals surface area contributed by atoms with E-state index in [0.29, 0.717) is 18.0 Å². The first-order valence-electron chi connectivity index (χ1n) is 4.06. The topological polar surface area (TPSA) is 64.9 Å². The van der Waals surface area contributed by atoms with Crippen molar-refractivity contribution in [1.82, 2.24) is 10.2 Å². The van der Waals surface area contributed by atoms with Crippen molar-refractivity contribution in [3.05, 3.63) is 41.1 Å². The maximum atomic E-state index is 5.62. The van der Waals surface area contributed by atoms with E-state index < -0.39 is 0 Å². The summed E-state index contributed by atoms with van der Waals surface area (Å²) in [6.45, 7) is 0. The molecular weight excluding hydrogens is 202 g/mol. The molecule has 14 heavy (non-hydrogen) atoms. The van der Waals surface area contributed by atoms with Gasteiger partial charge < -0.3 is 10.2 Å². The molecule has 1 aromatic heterocycles. The van der Waals surface area contributed by atoms with Crippen LogP contribution in [-0.4, -0.2) is 10.2 Å². The van der Waals surface area contributed by atoms with E-state index in [4.69, 9.17) is 21.8 Å². The molecule has 72 valence electrons. The van der Waals surface area contributed by atoms with Gasteiger partial charge in [-0.1, -0.05) is 17.2 Å². The Morgan fingerprint density at radius 3 is 2.86 bits per heavy atom. The minimum absolute atomic E-state index is 0.0592. The molecule has 0 fully saturated rings. The maximum Gasteiger partial charge on any atom is 0.312 e. The molecule has 0 bridgehead atoms. The molecule has 0 aliphatic heterocycles. The monoisotopic (exact) mass is 209 g/mol. The van der Waals surface area contributed by atoms with E-state index in [-0.39, 0.29) is 5.35 Å². The van der Waals surface area contributed by atoms with Crippen molar-refractivity contribution in [2.45, 2.75) is 6.42 Å². The molecule has 1 heterocycles. The van der Waals surface area contributed by atoms with Crippen LogP contribution in [0.15, 0.2) is 28.7 Å². The molecule has 0 aliphatic carbocycles. The van der Waals surface area contributed by atoms with E-state index >= 15 is 0 Å². The lowest BCUT2D eigenvalue weighted by Crippen LogP contribution is -1.91. The fourth-order valence-corrected chi connectivity index (χ4v) is 1.31. The Balaban J connectivity index is 2.18. The minimum atomic E-state index is 0.0592. The molecule has 1 aromatic carbocycles. The van der Waals surface area contributed by atoms with Crippen molar-refractivity contribution in [2.24, 2.45) is 0 Å². The fraction of sp³-hybridized carbons (Fsp3) is 0.111. The molecule has 4 nitrogen and oxygen atoms in total. The van der Waals surface area contributed by atoms with Gasteiger partial charge in [-0.15, -0.1) is 5.10 Å². The predicted octanol–water partition coefficient (Wildman–Crippen LogP) is 1.90. The number of halogens is 1. The Morgan fingerprint density at radius 2 is 2.21 bits per heavy atom. The zero-order valence-corrected chi connectivity index (χ0v) is 8.03. The van der Waals surface area contributed by atoms with Gasteiger partial charge in [-0.25, -0.2) is 0 Å². The Morgan fingerprint density at radius 1 is 1.36 bits per heavy atom. The molecule has 0 saturated carbocycles. The smallest absolute Gasteiger partial charge is 0.312 e. The normalized spacial score (nSPS) is 10.4. The summed E-state index contributed by atoms with van der Waals surface area (Å²) in [5, 5.41) is 7.36. The first-order chi connectivity index (χ1) is 6.74. The Kier molecular flexibility index (Phi) is 2.37. The lowest BCUT2D eigenvalue weighted by Gasteiger charge is -1.97. The van der Waals surface area contributed by atoms with E-state index in [9.17, 15) is 0 Å². The number of hydrogen-bond donors (Lipinski definition) is 1. The van der Waals surface area contributed by atoms with Gasteiger partial charge in [0.2, 0.25) is 5.89 Å². The molecular formula is C9H8ClN3O. The van der Waals surface area contributed by atoms with Crippen LogP contribution in [0.2, 0.25) is 5.35 Å². The second-order valence-electron chi connectivity index (χ2n) is 2.87. The van der Waals surface area contributed by atoms with Crippen LogP contribution in [0.3, 0.4) is 0 Å². The maximum absolute atomic E-state index is 5.62. The highest BCUT2D eigenvalue weighted by atomic mass is 35.5. The van der Waals surface area contributed by atoms with Crippen LogP contribution >= 0.6 is 11.6 Å². The summed E-state index contributed by atoms with van der Waals surface area (Å²) in [5.41, 5.74) is 7.36. The zero-order valence-electron chi connectivity index (χ0n) is 7.27. The molecule has 0 spiro atoms. The third kappa shape index (κ3) is 2.03. The largest absolute Gasteiger partial charge is 0.412 e. The van der Waals surface area contributed by atoms with Gasteiger partial charge in [0.15, 0.2) is 0 Å². The van der Waals surface area contributed by atoms with Gasteiger partial charge in [-0.3, -0.25) is 0 Å². The molecule has 2 rings (SSSR count). The fourth-order valence-electron chi connectivity index (χ4n) is 1.18. The summed E-state index contributed by atoms with van der Waals surface area (Å²) < 4.78 is 5.03. The number of anilines is 1. The molecule has 0 radical (unpaired) electrons. The van der Waals surface area contributed by atoms with E-state index in [1.165, 1.54) is 0 Å². The first kappa shape index (κ1) is 9.02. The number of nitrogen functional groups attached to an aromatic ring is 1. The van der Waals surface area contributed by atoms with E-state index in [1.807, 2.05) is 24.3 Å². The van der Waals surface area contributed by atoms with Crippen molar-refractivity contribution in [3.8, 4) is 0 Å². The molecule has 2 aromatic rings. The van der Waals surface area contributed by atoms with Gasteiger partial charge in [0.1, 0.15) is 0 Å². The predicted molar refractivity (Wildman–Crippen MR) is 53.0 cm³/mol. The third-order valence-corrected chi connectivity index (χ3v) is 1.90. The number of rotatable bonds is 2. The average molecular weight is 210 g/mol. The lowest BCUT2D eigenvalue weighted by molar-refractivity contribution is 0.507. The second-order valence-corrected chi connectivity index (χ2v) is 3.19. The molecule has 0 saturated heterocycles. The first-order valence-corrected chi connectivity index (χ1v) is 4.44. The van der Waals surface area contributed by atoms with Crippen molar-refractivity contribution < 1.29 is 4.42 Å². The lowest BCUT2D eigenvalue weighted by atomic mass is 10.1. The zero-order chi connectivity index (χ0) is 9.97. The number of nitrogens with zero attached hydrogens (tertiary/aromatic N) is 2. The van der Waals surface area contributed by atoms with Gasteiger partial charge in [0.05, 0.1) is 6.42 Å². The van der Waals surface area contributed by atoms with Gasteiger partial charge in [-0.05, 0) is 29.3 Å². The van der Waals surface area contributed by atoms with Gasteiger partial charge in [0, 0.05) is 5.69 Å². The van der Waals surface area contributed by atoms with Crippen LogP contribution in [0, 0.1) is 0 Å². The summed E-state index contributed by atoms with van der Waals surface area (Å²) in [6, 6.07) is 7.50. The summed E-state index contributed by atoms with van der Waals surface area (Å²) in [5.74, 6) is 0.487. The molecule has 2 N–H and O–H groups in total. The van der Waals surface area contributed by atoms with E-state index in [2.05, 4.69) is 10.2 Å². The number of benzene rings is 1. The van der Waals surface area contributed by atoms with E-state index in [0.717, 1.165) is 5.56 Å². The SMILES string of the molecule is Nc1cccc(Cc2nnc(Cl)o2)c1.